The molecule has 0 radical (unpaired) electrons. The van der Waals surface area contributed by atoms with Crippen molar-refractivity contribution in [3.63, 3.8) is 0 Å². The second-order valence-electron chi connectivity index (χ2n) is 25.5. The Kier molecular flexibility index (Phi) is 197. The molecule has 0 N–H and O–H groups in total. The average Bonchev–Trinajstić information content (AvgIpc) is 1.86. The van der Waals surface area contributed by atoms with Crippen LogP contribution in [0.4, 0.5) is 0 Å². The van der Waals surface area contributed by atoms with Crippen LogP contribution in [0.25, 0.3) is 16.8 Å². The molecule has 0 heteroatoms. The fraction of sp³-hybridized carbons (Fsp3) is 0.628. The van der Waals surface area contributed by atoms with Gasteiger partial charge in [-0.2, -0.15) is 0 Å². The molecule has 0 atom stereocenters. The van der Waals surface area contributed by atoms with Gasteiger partial charge in [0.25, 0.3) is 0 Å². The van der Waals surface area contributed by atoms with Crippen LogP contribution in [0, 0.1) is 11.8 Å². The van der Waals surface area contributed by atoms with Gasteiger partial charge in [-0.25, -0.2) is 0 Å². The van der Waals surface area contributed by atoms with Gasteiger partial charge in [0, 0.05) is 0 Å². The number of aryl methyl sites for hydroxylation is 6. The molecular weight excluding hydrogens is 1550 g/mol. The molecule has 756 valence electrons. The highest BCUT2D eigenvalue weighted by atomic mass is 14.3. The Balaban J connectivity index is -0.0000000822. The van der Waals surface area contributed by atoms with Gasteiger partial charge in [0.2, 0.25) is 0 Å². The van der Waals surface area contributed by atoms with Gasteiger partial charge >= 0.3 is 0 Å². The molecule has 4 fully saturated rings. The van der Waals surface area contributed by atoms with Crippen molar-refractivity contribution in [2.75, 3.05) is 0 Å². The van der Waals surface area contributed by atoms with Gasteiger partial charge < -0.3 is 0 Å². The Morgan fingerprint density at radius 3 is 0.535 bits per heavy atom. The van der Waals surface area contributed by atoms with Crippen molar-refractivity contribution >= 4 is 16.8 Å². The smallest absolute Gasteiger partial charge is 0.00882 e. The van der Waals surface area contributed by atoms with Crippen molar-refractivity contribution in [3.05, 3.63) is 269 Å². The summed E-state index contributed by atoms with van der Waals surface area (Å²) in [6.45, 7) is 84.0. The zero-order chi connectivity index (χ0) is 102. The molecule has 0 spiro atoms. The van der Waals surface area contributed by atoms with Crippen LogP contribution in [-0.4, -0.2) is 0 Å². The number of allylic oxidation sites excluding steroid dienone is 7. The SMILES string of the molecule is C1=CCCC=C1.C1=CCCCC1.C1=Cc2ccccc2C1.C1CCC2CCCCC2C1.C1CCCC1.C1CCCCC1.CC.CC.CC.CC.CC.CC.CC.CC.CC.CC.CC.CC.CC.CC.CC.CC.CC.CC.CC.CC.CC.c1ccc2c(c1)CCC2.c1ccc2c(c1)CCCC2.c1ccc2c(c1)CCCC2.c1ccc2ccccc2c1.c1ccccc1. The van der Waals surface area contributed by atoms with E-state index in [9.17, 15) is 0 Å². The molecule has 7 aromatic rings. The first kappa shape index (κ1) is 157. The third-order valence-electron chi connectivity index (χ3n) is 18.8. The molecule has 10 aliphatic carbocycles. The van der Waals surface area contributed by atoms with E-state index in [1.807, 2.05) is 327 Å². The quantitative estimate of drug-likeness (QED) is 0.133. The largest absolute Gasteiger partial charge is 0.0885 e. The third kappa shape index (κ3) is 105. The van der Waals surface area contributed by atoms with E-state index in [1.54, 1.807) is 59.1 Å². The first-order valence-corrected chi connectivity index (χ1v) is 56.7. The Labute approximate surface area is 820 Å². The highest BCUT2D eigenvalue weighted by Gasteiger charge is 2.27. The molecule has 0 aliphatic heterocycles. The van der Waals surface area contributed by atoms with E-state index in [-0.39, 0.29) is 0 Å². The molecule has 0 aromatic heterocycles. The summed E-state index contributed by atoms with van der Waals surface area (Å²) in [7, 11) is 0. The molecule has 4 saturated carbocycles. The lowest BCUT2D eigenvalue weighted by molar-refractivity contribution is 0.171. The Hall–Kier alpha value is -6.24. The summed E-state index contributed by atoms with van der Waals surface area (Å²) in [5.41, 5.74) is 12.3. The zero-order valence-electron chi connectivity index (χ0n) is 96.3. The van der Waals surface area contributed by atoms with E-state index in [2.05, 4.69) is 194 Å². The van der Waals surface area contributed by atoms with Crippen molar-refractivity contribution < 1.29 is 0 Å². The highest BCUT2D eigenvalue weighted by Crippen LogP contribution is 2.40. The molecule has 0 unspecified atom stereocenters. The van der Waals surface area contributed by atoms with Crippen LogP contribution >= 0.6 is 0 Å². The van der Waals surface area contributed by atoms with Gasteiger partial charge in [-0.05, 0) is 183 Å². The van der Waals surface area contributed by atoms with Crippen LogP contribution in [0.1, 0.15) is 528 Å². The highest BCUT2D eigenvalue weighted by molar-refractivity contribution is 5.82. The summed E-state index contributed by atoms with van der Waals surface area (Å²) in [5, 5.41) is 2.62. The second-order valence-corrected chi connectivity index (χ2v) is 25.5. The number of rotatable bonds is 0. The Morgan fingerprint density at radius 2 is 0.349 bits per heavy atom. The summed E-state index contributed by atoms with van der Waals surface area (Å²) in [4.78, 5) is 0. The molecule has 0 heterocycles. The number of hydrogen-bond donors (Lipinski definition) is 0. The summed E-state index contributed by atoms with van der Waals surface area (Å²) in [6.07, 6.45) is 70.1. The summed E-state index contributed by atoms with van der Waals surface area (Å²) in [6, 6.07) is 63.5. The van der Waals surface area contributed by atoms with Crippen LogP contribution in [0.5, 0.6) is 0 Å². The van der Waals surface area contributed by atoms with E-state index >= 15 is 0 Å². The minimum Gasteiger partial charge on any atom is -0.0885 e. The molecule has 0 bridgehead atoms. The number of hydrogen-bond acceptors (Lipinski definition) is 0. The summed E-state index contributed by atoms with van der Waals surface area (Å²) >= 11 is 0. The average molecular weight is 1790 g/mol. The van der Waals surface area contributed by atoms with Crippen LogP contribution in [0.3, 0.4) is 0 Å². The molecule has 0 amide bonds. The van der Waals surface area contributed by atoms with Gasteiger partial charge in [0.1, 0.15) is 0 Å². The maximum absolute atomic E-state index is 2.27. The first-order valence-electron chi connectivity index (χ1n) is 56.7. The lowest BCUT2D eigenvalue weighted by Gasteiger charge is -2.35. The normalized spacial score (nSPS) is 13.8. The van der Waals surface area contributed by atoms with E-state index in [4.69, 9.17) is 0 Å². The predicted molar refractivity (Wildman–Crippen MR) is 622 cm³/mol. The van der Waals surface area contributed by atoms with Crippen molar-refractivity contribution in [1.29, 1.82) is 0 Å². The van der Waals surface area contributed by atoms with E-state index in [0.29, 0.717) is 0 Å². The van der Waals surface area contributed by atoms with E-state index < -0.39 is 0 Å². The summed E-state index contributed by atoms with van der Waals surface area (Å²) in [5.74, 6) is 2.31. The molecule has 0 nitrogen and oxygen atoms in total. The second kappa shape index (κ2) is 162. The van der Waals surface area contributed by atoms with E-state index in [0.717, 1.165) is 18.3 Å². The fourth-order valence-corrected chi connectivity index (χ4v) is 13.7. The minimum absolute atomic E-state index is 1.12. The third-order valence-corrected chi connectivity index (χ3v) is 18.8. The zero-order valence-corrected chi connectivity index (χ0v) is 96.3. The molecule has 10 aliphatic rings. The maximum Gasteiger partial charge on any atom is -0.00882 e. The Morgan fingerprint density at radius 1 is 0.155 bits per heavy atom. The molecule has 17 rings (SSSR count). The van der Waals surface area contributed by atoms with E-state index in [1.165, 1.54) is 227 Å². The Bertz CT molecular complexity index is 2650. The van der Waals surface area contributed by atoms with Gasteiger partial charge in [-0.15, -0.1) is 0 Å². The first-order chi connectivity index (χ1) is 64.3. The van der Waals surface area contributed by atoms with Gasteiger partial charge in [-0.1, -0.05) is 643 Å². The molecular formula is C129H240. The molecule has 7 aromatic carbocycles. The summed E-state index contributed by atoms with van der Waals surface area (Å²) < 4.78 is 0. The van der Waals surface area contributed by atoms with Crippen molar-refractivity contribution in [2.24, 2.45) is 11.8 Å². The molecule has 0 saturated heterocycles. The van der Waals surface area contributed by atoms with Crippen molar-refractivity contribution in [3.8, 4) is 0 Å². The number of fused-ring (bicyclic) bond motifs is 6. The van der Waals surface area contributed by atoms with Gasteiger partial charge in [0.05, 0.1) is 0 Å². The van der Waals surface area contributed by atoms with Crippen LogP contribution in [0.15, 0.2) is 225 Å². The van der Waals surface area contributed by atoms with Crippen LogP contribution in [0.2, 0.25) is 0 Å². The lowest BCUT2D eigenvalue weighted by Crippen LogP contribution is -2.22. The lowest BCUT2D eigenvalue weighted by atomic mass is 9.71. The monoisotopic (exact) mass is 1790 g/mol. The fourth-order valence-electron chi connectivity index (χ4n) is 13.7. The maximum atomic E-state index is 2.27. The van der Waals surface area contributed by atoms with Gasteiger partial charge in [-0.3, -0.25) is 0 Å². The topological polar surface area (TPSA) is 0 Å². The molecule has 129 heavy (non-hydrogen) atoms. The van der Waals surface area contributed by atoms with Crippen LogP contribution in [-0.2, 0) is 44.9 Å². The number of benzene rings is 7. The van der Waals surface area contributed by atoms with Crippen LogP contribution < -0.4 is 0 Å². The van der Waals surface area contributed by atoms with Crippen molar-refractivity contribution in [2.45, 2.75) is 528 Å². The minimum atomic E-state index is 1.12. The standard InChI is InChI=1S/C10H18.2C10H12.C10H8.C9H10.C9H8.C6H12.C6H10.C6H8.C6H6.C5H10.21C2H6/c4*1-2-6-10-8-4-3-7-9(10)5-1;2*1-2-5-9-7-3-6-8(9)4-1;4*1-2-4-6-5-3-1;1-2-4-5-3-1;21*1-2/h9-10H,1-8H2;2*1-2,5-6H,3-4,7-8H2;1-8H;1-2,4-5H,3,6-7H2;1-6H,7H2;1-6H2;1-2H,3-6H2;1-4H,5-6H2;1-6H;1-5H2;21*1-2H3. The van der Waals surface area contributed by atoms with Crippen molar-refractivity contribution in [1.82, 2.24) is 0 Å². The van der Waals surface area contributed by atoms with Gasteiger partial charge in [0.15, 0.2) is 0 Å². The predicted octanol–water partition coefficient (Wildman–Crippen LogP) is 47.3.